The van der Waals surface area contributed by atoms with Crippen molar-refractivity contribution < 1.29 is 4.74 Å². The third-order valence-corrected chi connectivity index (χ3v) is 5.25. The lowest BCUT2D eigenvalue weighted by atomic mass is 9.73. The number of benzene rings is 1. The predicted molar refractivity (Wildman–Crippen MR) is 86.2 cm³/mol. The van der Waals surface area contributed by atoms with Gasteiger partial charge in [-0.25, -0.2) is 0 Å². The largest absolute Gasteiger partial charge is 0.487 e. The zero-order valence-corrected chi connectivity index (χ0v) is 14.0. The predicted octanol–water partition coefficient (Wildman–Crippen LogP) is 4.83. The molecule has 1 spiro atoms. The van der Waals surface area contributed by atoms with Crippen LogP contribution >= 0.6 is 15.9 Å². The molecule has 1 N–H and O–H groups in total. The van der Waals surface area contributed by atoms with Crippen LogP contribution < -0.4 is 10.1 Å². The van der Waals surface area contributed by atoms with Gasteiger partial charge in [0, 0.05) is 22.5 Å². The summed E-state index contributed by atoms with van der Waals surface area (Å²) in [7, 11) is 0. The van der Waals surface area contributed by atoms with Gasteiger partial charge in [-0.2, -0.15) is 0 Å². The van der Waals surface area contributed by atoms with Gasteiger partial charge in [-0.15, -0.1) is 0 Å². The van der Waals surface area contributed by atoms with Gasteiger partial charge in [-0.05, 0) is 43.9 Å². The number of nitrogens with one attached hydrogen (secondary N) is 1. The topological polar surface area (TPSA) is 21.3 Å². The van der Waals surface area contributed by atoms with Crippen LogP contribution in [0.2, 0.25) is 0 Å². The summed E-state index contributed by atoms with van der Waals surface area (Å²) in [5, 5.41) is 3.65. The molecular formula is C17H24BrNO. The van der Waals surface area contributed by atoms with E-state index in [2.05, 4.69) is 53.3 Å². The molecule has 0 radical (unpaired) electrons. The quantitative estimate of drug-likeness (QED) is 0.834. The lowest BCUT2D eigenvalue weighted by Crippen LogP contribution is -2.47. The van der Waals surface area contributed by atoms with Crippen molar-refractivity contribution in [3.8, 4) is 5.75 Å². The highest BCUT2D eigenvalue weighted by Gasteiger charge is 2.43. The highest BCUT2D eigenvalue weighted by Crippen LogP contribution is 2.47. The van der Waals surface area contributed by atoms with Crippen molar-refractivity contribution >= 4 is 15.9 Å². The summed E-state index contributed by atoms with van der Waals surface area (Å²) >= 11 is 3.57. The van der Waals surface area contributed by atoms with E-state index in [9.17, 15) is 0 Å². The lowest BCUT2D eigenvalue weighted by molar-refractivity contribution is -0.0179. The monoisotopic (exact) mass is 337 g/mol. The van der Waals surface area contributed by atoms with Crippen LogP contribution in [0.3, 0.4) is 0 Å². The third-order valence-electron chi connectivity index (χ3n) is 4.75. The van der Waals surface area contributed by atoms with Crippen LogP contribution in [0.15, 0.2) is 22.7 Å². The SMILES string of the molecule is CCNC1CC2(CCCC(C)C2)Oc2cc(Br)ccc21. The van der Waals surface area contributed by atoms with Crippen LogP contribution in [0.1, 0.15) is 57.6 Å². The van der Waals surface area contributed by atoms with Crippen LogP contribution in [-0.4, -0.2) is 12.1 Å². The number of hydrogen-bond donors (Lipinski definition) is 1. The molecule has 0 amide bonds. The van der Waals surface area contributed by atoms with Crippen LogP contribution in [-0.2, 0) is 0 Å². The van der Waals surface area contributed by atoms with Crippen LogP contribution in [0.25, 0.3) is 0 Å². The summed E-state index contributed by atoms with van der Waals surface area (Å²) in [6.45, 7) is 5.55. The number of fused-ring (bicyclic) bond motifs is 1. The Labute approximate surface area is 130 Å². The van der Waals surface area contributed by atoms with Crippen molar-refractivity contribution in [2.75, 3.05) is 6.54 Å². The van der Waals surface area contributed by atoms with E-state index in [1.54, 1.807) is 0 Å². The van der Waals surface area contributed by atoms with Gasteiger partial charge in [0.2, 0.25) is 0 Å². The van der Waals surface area contributed by atoms with E-state index in [1.807, 2.05) is 0 Å². The highest BCUT2D eigenvalue weighted by molar-refractivity contribution is 9.10. The molecule has 1 aromatic rings. The zero-order valence-electron chi connectivity index (χ0n) is 12.4. The molecule has 3 unspecified atom stereocenters. The summed E-state index contributed by atoms with van der Waals surface area (Å²) in [6.07, 6.45) is 6.15. The molecule has 1 aliphatic heterocycles. The maximum Gasteiger partial charge on any atom is 0.126 e. The second kappa shape index (κ2) is 5.69. The Kier molecular flexibility index (Phi) is 4.09. The summed E-state index contributed by atoms with van der Waals surface area (Å²) in [6, 6.07) is 6.89. The van der Waals surface area contributed by atoms with E-state index in [4.69, 9.17) is 4.74 Å². The molecule has 1 fully saturated rings. The van der Waals surface area contributed by atoms with Gasteiger partial charge in [0.15, 0.2) is 0 Å². The molecule has 1 heterocycles. The fourth-order valence-electron chi connectivity index (χ4n) is 3.96. The van der Waals surface area contributed by atoms with Crippen molar-refractivity contribution in [3.63, 3.8) is 0 Å². The van der Waals surface area contributed by atoms with E-state index in [-0.39, 0.29) is 5.60 Å². The molecule has 3 heteroatoms. The van der Waals surface area contributed by atoms with Gasteiger partial charge >= 0.3 is 0 Å². The molecule has 110 valence electrons. The van der Waals surface area contributed by atoms with E-state index < -0.39 is 0 Å². The molecule has 3 atom stereocenters. The Bertz CT molecular complexity index is 490. The molecule has 3 rings (SSSR count). The van der Waals surface area contributed by atoms with Crippen molar-refractivity contribution in [2.45, 2.75) is 57.6 Å². The first-order chi connectivity index (χ1) is 9.62. The molecule has 0 saturated heterocycles. The minimum atomic E-state index is 0.0539. The number of halogens is 1. The second-order valence-corrected chi connectivity index (χ2v) is 7.40. The zero-order chi connectivity index (χ0) is 14.2. The Morgan fingerprint density at radius 3 is 3.00 bits per heavy atom. The molecular weight excluding hydrogens is 314 g/mol. The maximum absolute atomic E-state index is 6.52. The van der Waals surface area contributed by atoms with Crippen LogP contribution in [0.5, 0.6) is 5.75 Å². The molecule has 0 aromatic heterocycles. The van der Waals surface area contributed by atoms with Crippen molar-refractivity contribution in [2.24, 2.45) is 5.92 Å². The Balaban J connectivity index is 1.94. The van der Waals surface area contributed by atoms with Crippen molar-refractivity contribution in [1.29, 1.82) is 0 Å². The van der Waals surface area contributed by atoms with Crippen LogP contribution in [0.4, 0.5) is 0 Å². The molecule has 2 nitrogen and oxygen atoms in total. The minimum Gasteiger partial charge on any atom is -0.487 e. The summed E-state index contributed by atoms with van der Waals surface area (Å²) in [5.74, 6) is 1.85. The maximum atomic E-state index is 6.52. The lowest BCUT2D eigenvalue weighted by Gasteiger charge is -2.46. The summed E-state index contributed by atoms with van der Waals surface area (Å²) < 4.78 is 7.62. The van der Waals surface area contributed by atoms with Crippen molar-refractivity contribution in [3.05, 3.63) is 28.2 Å². The van der Waals surface area contributed by atoms with Crippen molar-refractivity contribution in [1.82, 2.24) is 5.32 Å². The second-order valence-electron chi connectivity index (χ2n) is 6.48. The smallest absolute Gasteiger partial charge is 0.126 e. The fraction of sp³-hybridized carbons (Fsp3) is 0.647. The van der Waals surface area contributed by atoms with Gasteiger partial charge in [0.1, 0.15) is 11.4 Å². The standard InChI is InChI=1S/C17H24BrNO/c1-3-19-15-11-17(8-4-5-12(2)10-17)20-16-9-13(18)6-7-14(15)16/h6-7,9,12,15,19H,3-5,8,10-11H2,1-2H3. The van der Waals surface area contributed by atoms with E-state index in [0.29, 0.717) is 6.04 Å². The Hall–Kier alpha value is -0.540. The van der Waals surface area contributed by atoms with Gasteiger partial charge < -0.3 is 10.1 Å². The van der Waals surface area contributed by atoms with Crippen LogP contribution in [0, 0.1) is 5.92 Å². The van der Waals surface area contributed by atoms with Gasteiger partial charge in [-0.1, -0.05) is 42.3 Å². The van der Waals surface area contributed by atoms with E-state index >= 15 is 0 Å². The first-order valence-electron chi connectivity index (χ1n) is 7.84. The summed E-state index contributed by atoms with van der Waals surface area (Å²) in [5.41, 5.74) is 1.37. The average Bonchev–Trinajstić information content (AvgIpc) is 2.38. The van der Waals surface area contributed by atoms with Gasteiger partial charge in [0.05, 0.1) is 0 Å². The molecule has 2 aliphatic rings. The first-order valence-corrected chi connectivity index (χ1v) is 8.63. The molecule has 0 bridgehead atoms. The summed E-state index contributed by atoms with van der Waals surface area (Å²) in [4.78, 5) is 0. The normalized spacial score (nSPS) is 32.8. The van der Waals surface area contributed by atoms with E-state index in [0.717, 1.165) is 29.1 Å². The average molecular weight is 338 g/mol. The number of ether oxygens (including phenoxy) is 1. The molecule has 20 heavy (non-hydrogen) atoms. The highest BCUT2D eigenvalue weighted by atomic mass is 79.9. The number of rotatable bonds is 2. The Morgan fingerprint density at radius 2 is 2.25 bits per heavy atom. The number of hydrogen-bond acceptors (Lipinski definition) is 2. The molecule has 1 aromatic carbocycles. The molecule has 1 aliphatic carbocycles. The fourth-order valence-corrected chi connectivity index (χ4v) is 4.30. The van der Waals surface area contributed by atoms with Gasteiger partial charge in [-0.3, -0.25) is 0 Å². The minimum absolute atomic E-state index is 0.0539. The van der Waals surface area contributed by atoms with Gasteiger partial charge in [0.25, 0.3) is 0 Å². The third kappa shape index (κ3) is 2.75. The molecule has 1 saturated carbocycles. The van der Waals surface area contributed by atoms with E-state index in [1.165, 1.54) is 31.2 Å². The first kappa shape index (κ1) is 14.4. The Morgan fingerprint density at radius 1 is 1.40 bits per heavy atom.